The van der Waals surface area contributed by atoms with Crippen LogP contribution in [0.3, 0.4) is 0 Å². The number of halogens is 1. The van der Waals surface area contributed by atoms with Crippen molar-refractivity contribution in [2.75, 3.05) is 5.32 Å². The van der Waals surface area contributed by atoms with Crippen molar-refractivity contribution in [3.05, 3.63) is 107 Å². The average molecular weight is 375 g/mol. The molecule has 0 spiro atoms. The number of carbonyl (C=O) groups is 2. The molecule has 0 fully saturated rings. The van der Waals surface area contributed by atoms with Crippen LogP contribution in [0.15, 0.2) is 84.9 Å². The molecule has 5 heteroatoms. The van der Waals surface area contributed by atoms with Crippen LogP contribution < -0.4 is 5.32 Å². The fraction of sp³-hybridized carbons (Fsp3) is 0.0435. The number of carbonyl (C=O) groups excluding carboxylic acids is 2. The molecule has 1 amide bonds. The molecule has 0 aliphatic rings. The number of nitrogens with one attached hydrogen (secondary N) is 1. The lowest BCUT2D eigenvalue weighted by atomic mass is 10.1. The van der Waals surface area contributed by atoms with Gasteiger partial charge in [0.15, 0.2) is 0 Å². The Morgan fingerprint density at radius 2 is 1.57 bits per heavy atom. The first-order valence-electron chi connectivity index (χ1n) is 8.66. The lowest BCUT2D eigenvalue weighted by Gasteiger charge is -2.06. The summed E-state index contributed by atoms with van der Waals surface area (Å²) in [6, 6.07) is 21.8. The first-order chi connectivity index (χ1) is 13.6. The quantitative estimate of drug-likeness (QED) is 0.496. The Balaban J connectivity index is 1.50. The minimum absolute atomic E-state index is 0.0905. The number of rotatable bonds is 6. The molecule has 3 aromatic rings. The van der Waals surface area contributed by atoms with Gasteiger partial charge in [0.2, 0.25) is 0 Å². The molecule has 0 saturated heterocycles. The second-order valence-electron chi connectivity index (χ2n) is 6.01. The van der Waals surface area contributed by atoms with Gasteiger partial charge in [-0.05, 0) is 53.6 Å². The fourth-order valence-corrected chi connectivity index (χ4v) is 2.42. The van der Waals surface area contributed by atoms with Gasteiger partial charge in [-0.25, -0.2) is 9.18 Å². The highest BCUT2D eigenvalue weighted by molar-refractivity contribution is 6.04. The van der Waals surface area contributed by atoms with E-state index in [0.717, 1.165) is 11.3 Å². The van der Waals surface area contributed by atoms with Crippen molar-refractivity contribution in [3.8, 4) is 0 Å². The Morgan fingerprint density at radius 1 is 0.893 bits per heavy atom. The van der Waals surface area contributed by atoms with Crippen LogP contribution in [0, 0.1) is 5.82 Å². The van der Waals surface area contributed by atoms with Crippen LogP contribution in [0.2, 0.25) is 0 Å². The summed E-state index contributed by atoms with van der Waals surface area (Å²) in [7, 11) is 0. The Morgan fingerprint density at radius 3 is 2.25 bits per heavy atom. The molecule has 3 aromatic carbocycles. The van der Waals surface area contributed by atoms with Crippen LogP contribution in [0.1, 0.15) is 21.5 Å². The van der Waals surface area contributed by atoms with Crippen molar-refractivity contribution >= 4 is 23.6 Å². The van der Waals surface area contributed by atoms with Crippen molar-refractivity contribution in [2.45, 2.75) is 6.61 Å². The van der Waals surface area contributed by atoms with Crippen LogP contribution >= 0.6 is 0 Å². The molecule has 0 saturated carbocycles. The van der Waals surface area contributed by atoms with E-state index in [2.05, 4.69) is 5.32 Å². The number of amides is 1. The van der Waals surface area contributed by atoms with E-state index in [9.17, 15) is 14.0 Å². The average Bonchev–Trinajstić information content (AvgIpc) is 2.73. The summed E-state index contributed by atoms with van der Waals surface area (Å²) in [5.41, 5.74) is 2.69. The lowest BCUT2D eigenvalue weighted by Crippen LogP contribution is -2.11. The molecular formula is C23H18FNO3. The zero-order chi connectivity index (χ0) is 19.8. The highest BCUT2D eigenvalue weighted by Crippen LogP contribution is 2.11. The molecule has 140 valence electrons. The summed E-state index contributed by atoms with van der Waals surface area (Å²) in [5.74, 6) is -1.05. The van der Waals surface area contributed by atoms with Gasteiger partial charge in [-0.3, -0.25) is 4.79 Å². The normalized spacial score (nSPS) is 10.6. The molecule has 1 N–H and O–H groups in total. The van der Waals surface area contributed by atoms with Gasteiger partial charge in [-0.15, -0.1) is 0 Å². The summed E-state index contributed by atoms with van der Waals surface area (Å²) in [6.45, 7) is 0.0905. The highest BCUT2D eigenvalue weighted by atomic mass is 19.1. The van der Waals surface area contributed by atoms with E-state index >= 15 is 0 Å². The largest absolute Gasteiger partial charge is 0.458 e. The molecule has 0 heterocycles. The molecule has 0 bridgehead atoms. The minimum atomic E-state index is -0.504. The molecule has 0 radical (unpaired) electrons. The summed E-state index contributed by atoms with van der Waals surface area (Å²) < 4.78 is 18.0. The van der Waals surface area contributed by atoms with E-state index < -0.39 is 5.97 Å². The van der Waals surface area contributed by atoms with Crippen molar-refractivity contribution in [1.29, 1.82) is 0 Å². The predicted octanol–water partition coefficient (Wildman–Crippen LogP) is 4.83. The minimum Gasteiger partial charge on any atom is -0.458 e. The molecule has 0 aromatic heterocycles. The van der Waals surface area contributed by atoms with E-state index in [1.807, 2.05) is 30.3 Å². The number of hydrogen-bond acceptors (Lipinski definition) is 3. The van der Waals surface area contributed by atoms with Crippen LogP contribution in [0.4, 0.5) is 10.1 Å². The Bertz CT molecular complexity index is 965. The summed E-state index contributed by atoms with van der Waals surface area (Å²) >= 11 is 0. The van der Waals surface area contributed by atoms with Crippen molar-refractivity contribution in [1.82, 2.24) is 0 Å². The molecule has 0 aliphatic heterocycles. The first-order valence-corrected chi connectivity index (χ1v) is 8.66. The predicted molar refractivity (Wildman–Crippen MR) is 106 cm³/mol. The number of esters is 1. The number of anilines is 1. The maximum atomic E-state index is 12.8. The number of ether oxygens (including phenoxy) is 1. The molecule has 0 atom stereocenters. The zero-order valence-corrected chi connectivity index (χ0v) is 15.0. The first kappa shape index (κ1) is 19.0. The summed E-state index contributed by atoms with van der Waals surface area (Å²) in [5, 5.41) is 2.81. The van der Waals surface area contributed by atoms with Gasteiger partial charge >= 0.3 is 5.97 Å². The van der Waals surface area contributed by atoms with Crippen LogP contribution in [-0.2, 0) is 16.1 Å². The van der Waals surface area contributed by atoms with Crippen LogP contribution in [0.25, 0.3) is 6.08 Å². The van der Waals surface area contributed by atoms with Crippen LogP contribution in [0.5, 0.6) is 0 Å². The van der Waals surface area contributed by atoms with Gasteiger partial charge in [-0.2, -0.15) is 0 Å². The Labute approximate surface area is 162 Å². The van der Waals surface area contributed by atoms with E-state index in [1.54, 1.807) is 42.5 Å². The third-order valence-corrected chi connectivity index (χ3v) is 3.91. The smallest absolute Gasteiger partial charge is 0.331 e. The van der Waals surface area contributed by atoms with Gasteiger partial charge in [0.25, 0.3) is 5.91 Å². The number of para-hydroxylation sites is 1. The third kappa shape index (κ3) is 5.64. The van der Waals surface area contributed by atoms with Crippen LogP contribution in [-0.4, -0.2) is 11.9 Å². The Hall–Kier alpha value is -3.73. The maximum absolute atomic E-state index is 12.8. The zero-order valence-electron chi connectivity index (χ0n) is 15.0. The SMILES string of the molecule is O=C(C=Cc1ccc(F)cc1)OCc1ccc(C(=O)Nc2ccccc2)cc1. The molecular weight excluding hydrogens is 357 g/mol. The standard InChI is InChI=1S/C23H18FNO3/c24-20-13-8-17(9-14-20)10-15-22(26)28-16-18-6-11-19(12-7-18)23(27)25-21-4-2-1-3-5-21/h1-15H,16H2,(H,25,27). The second-order valence-corrected chi connectivity index (χ2v) is 6.01. The topological polar surface area (TPSA) is 55.4 Å². The van der Waals surface area contributed by atoms with Gasteiger partial charge in [0, 0.05) is 17.3 Å². The summed E-state index contributed by atoms with van der Waals surface area (Å²) in [6.07, 6.45) is 2.84. The van der Waals surface area contributed by atoms with E-state index in [-0.39, 0.29) is 18.3 Å². The van der Waals surface area contributed by atoms with Crippen molar-refractivity contribution in [2.24, 2.45) is 0 Å². The highest BCUT2D eigenvalue weighted by Gasteiger charge is 2.06. The lowest BCUT2D eigenvalue weighted by molar-refractivity contribution is -0.138. The van der Waals surface area contributed by atoms with Crippen molar-refractivity contribution < 1.29 is 18.7 Å². The van der Waals surface area contributed by atoms with Gasteiger partial charge < -0.3 is 10.1 Å². The van der Waals surface area contributed by atoms with E-state index in [4.69, 9.17) is 4.74 Å². The van der Waals surface area contributed by atoms with Gasteiger partial charge in [0.05, 0.1) is 0 Å². The molecule has 3 rings (SSSR count). The van der Waals surface area contributed by atoms with Gasteiger partial charge in [0.1, 0.15) is 12.4 Å². The fourth-order valence-electron chi connectivity index (χ4n) is 2.42. The maximum Gasteiger partial charge on any atom is 0.331 e. The third-order valence-electron chi connectivity index (χ3n) is 3.91. The Kier molecular flexibility index (Phi) is 6.31. The molecule has 28 heavy (non-hydrogen) atoms. The monoisotopic (exact) mass is 375 g/mol. The summed E-state index contributed by atoms with van der Waals surface area (Å²) in [4.78, 5) is 24.0. The van der Waals surface area contributed by atoms with E-state index in [0.29, 0.717) is 11.1 Å². The van der Waals surface area contributed by atoms with Crippen molar-refractivity contribution in [3.63, 3.8) is 0 Å². The molecule has 0 unspecified atom stereocenters. The molecule has 4 nitrogen and oxygen atoms in total. The van der Waals surface area contributed by atoms with E-state index in [1.165, 1.54) is 18.2 Å². The second kappa shape index (κ2) is 9.28. The number of benzene rings is 3. The molecule has 0 aliphatic carbocycles. The number of hydrogen-bond donors (Lipinski definition) is 1. The van der Waals surface area contributed by atoms with Gasteiger partial charge in [-0.1, -0.05) is 42.5 Å².